The Balaban J connectivity index is 1.65. The predicted octanol–water partition coefficient (Wildman–Crippen LogP) is 3.30. The van der Waals surface area contributed by atoms with Gasteiger partial charge < -0.3 is 13.9 Å². The van der Waals surface area contributed by atoms with Gasteiger partial charge in [-0.2, -0.15) is 0 Å². The van der Waals surface area contributed by atoms with Crippen LogP contribution in [0.1, 0.15) is 80.7 Å². The molecule has 1 fully saturated rings. The highest BCUT2D eigenvalue weighted by Gasteiger charge is 2.27. The van der Waals surface area contributed by atoms with E-state index in [1.54, 1.807) is 27.7 Å². The van der Waals surface area contributed by atoms with E-state index < -0.39 is 17.6 Å². The molecule has 4 rings (SSSR count). The van der Waals surface area contributed by atoms with Crippen molar-refractivity contribution in [1.82, 2.24) is 24.4 Å². The standard InChI is InChI=1S/C22H27N5O4/c1-5-30-20(28)10-18(27-13-17(24-25-27)21(29)31-22(2,3)4)16-12-26-11-15(14-6-7-14)8-9-19(26)23-16/h8-9,11-14,18H,5-7,10H2,1-4H3. The number of carbonyl (C=O) groups excluding carboxylic acids is 2. The summed E-state index contributed by atoms with van der Waals surface area (Å²) in [6.45, 7) is 7.39. The van der Waals surface area contributed by atoms with Gasteiger partial charge in [-0.25, -0.2) is 14.5 Å². The second-order valence-electron chi connectivity index (χ2n) is 8.78. The van der Waals surface area contributed by atoms with E-state index in [-0.39, 0.29) is 24.7 Å². The number of pyridine rings is 1. The highest BCUT2D eigenvalue weighted by Crippen LogP contribution is 2.40. The Bertz CT molecular complexity index is 1110. The van der Waals surface area contributed by atoms with Gasteiger partial charge in [0, 0.05) is 12.4 Å². The van der Waals surface area contributed by atoms with Crippen LogP contribution in [0.3, 0.4) is 0 Å². The van der Waals surface area contributed by atoms with Crippen molar-refractivity contribution in [2.24, 2.45) is 0 Å². The smallest absolute Gasteiger partial charge is 0.361 e. The number of fused-ring (bicyclic) bond motifs is 1. The molecule has 0 spiro atoms. The van der Waals surface area contributed by atoms with Crippen LogP contribution in [0.2, 0.25) is 0 Å². The lowest BCUT2D eigenvalue weighted by Gasteiger charge is -2.18. The Morgan fingerprint density at radius 3 is 2.65 bits per heavy atom. The molecule has 31 heavy (non-hydrogen) atoms. The van der Waals surface area contributed by atoms with Crippen molar-refractivity contribution < 1.29 is 19.1 Å². The largest absolute Gasteiger partial charge is 0.466 e. The first kappa shape index (κ1) is 21.0. The van der Waals surface area contributed by atoms with E-state index in [0.717, 1.165) is 5.65 Å². The molecule has 0 amide bonds. The molecule has 0 N–H and O–H groups in total. The van der Waals surface area contributed by atoms with E-state index >= 15 is 0 Å². The monoisotopic (exact) mass is 425 g/mol. The van der Waals surface area contributed by atoms with E-state index in [1.807, 2.05) is 16.7 Å². The molecule has 0 aromatic carbocycles. The minimum atomic E-state index is -0.647. The first-order chi connectivity index (χ1) is 14.7. The van der Waals surface area contributed by atoms with E-state index in [2.05, 4.69) is 27.6 Å². The van der Waals surface area contributed by atoms with Crippen molar-refractivity contribution in [2.45, 2.75) is 64.5 Å². The number of imidazole rings is 1. The first-order valence-electron chi connectivity index (χ1n) is 10.5. The molecular formula is C22H27N5O4. The third-order valence-electron chi connectivity index (χ3n) is 4.99. The summed E-state index contributed by atoms with van der Waals surface area (Å²) in [5.41, 5.74) is 2.13. The quantitative estimate of drug-likeness (QED) is 0.535. The molecule has 1 saturated carbocycles. The van der Waals surface area contributed by atoms with Crippen LogP contribution < -0.4 is 0 Å². The zero-order valence-electron chi connectivity index (χ0n) is 18.2. The van der Waals surface area contributed by atoms with Gasteiger partial charge in [0.05, 0.1) is 24.9 Å². The van der Waals surface area contributed by atoms with Crippen molar-refractivity contribution in [1.29, 1.82) is 0 Å². The zero-order valence-corrected chi connectivity index (χ0v) is 18.2. The lowest BCUT2D eigenvalue weighted by molar-refractivity contribution is -0.143. The fourth-order valence-electron chi connectivity index (χ4n) is 3.41. The second kappa shape index (κ2) is 8.13. The lowest BCUT2D eigenvalue weighted by Crippen LogP contribution is -2.24. The van der Waals surface area contributed by atoms with Crippen molar-refractivity contribution in [3.63, 3.8) is 0 Å². The van der Waals surface area contributed by atoms with Crippen LogP contribution >= 0.6 is 0 Å². The van der Waals surface area contributed by atoms with E-state index in [1.165, 1.54) is 29.3 Å². The average Bonchev–Trinajstić information content (AvgIpc) is 3.27. The summed E-state index contributed by atoms with van der Waals surface area (Å²) < 4.78 is 13.9. The number of rotatable bonds is 7. The Kier molecular flexibility index (Phi) is 5.51. The number of carbonyl (C=O) groups is 2. The van der Waals surface area contributed by atoms with E-state index in [9.17, 15) is 9.59 Å². The summed E-state index contributed by atoms with van der Waals surface area (Å²) in [6.07, 6.45) is 7.90. The summed E-state index contributed by atoms with van der Waals surface area (Å²) in [5.74, 6) is -0.326. The fraction of sp³-hybridized carbons (Fsp3) is 0.500. The second-order valence-corrected chi connectivity index (χ2v) is 8.78. The van der Waals surface area contributed by atoms with Crippen LogP contribution in [0.4, 0.5) is 0 Å². The van der Waals surface area contributed by atoms with Crippen LogP contribution in [0.25, 0.3) is 5.65 Å². The van der Waals surface area contributed by atoms with Gasteiger partial charge in [0.1, 0.15) is 17.3 Å². The maximum Gasteiger partial charge on any atom is 0.361 e. The van der Waals surface area contributed by atoms with E-state index in [0.29, 0.717) is 11.6 Å². The molecule has 3 aromatic rings. The molecule has 164 valence electrons. The topological polar surface area (TPSA) is 101 Å². The Hall–Kier alpha value is -3.23. The van der Waals surface area contributed by atoms with Crippen molar-refractivity contribution in [2.75, 3.05) is 6.61 Å². The van der Waals surface area contributed by atoms with Crippen LogP contribution in [-0.2, 0) is 14.3 Å². The summed E-state index contributed by atoms with van der Waals surface area (Å²) in [7, 11) is 0. The molecule has 0 radical (unpaired) electrons. The molecule has 1 atom stereocenters. The van der Waals surface area contributed by atoms with Gasteiger partial charge in [-0.3, -0.25) is 4.79 Å². The number of hydrogen-bond acceptors (Lipinski definition) is 7. The van der Waals surface area contributed by atoms with Gasteiger partial charge in [0.15, 0.2) is 5.69 Å². The van der Waals surface area contributed by atoms with Gasteiger partial charge in [0.2, 0.25) is 0 Å². The van der Waals surface area contributed by atoms with Crippen LogP contribution in [0, 0.1) is 0 Å². The Labute approximate surface area is 180 Å². The van der Waals surface area contributed by atoms with Crippen molar-refractivity contribution in [3.05, 3.63) is 47.7 Å². The third-order valence-corrected chi connectivity index (χ3v) is 4.99. The fourth-order valence-corrected chi connectivity index (χ4v) is 3.41. The first-order valence-corrected chi connectivity index (χ1v) is 10.5. The third kappa shape index (κ3) is 4.92. The van der Waals surface area contributed by atoms with Gasteiger partial charge in [-0.1, -0.05) is 11.3 Å². The minimum absolute atomic E-state index is 0.0182. The maximum atomic E-state index is 12.4. The molecule has 9 heteroatoms. The Morgan fingerprint density at radius 1 is 1.19 bits per heavy atom. The summed E-state index contributed by atoms with van der Waals surface area (Å²) >= 11 is 0. The highest BCUT2D eigenvalue weighted by molar-refractivity contribution is 5.87. The van der Waals surface area contributed by atoms with Crippen molar-refractivity contribution >= 4 is 17.6 Å². The summed E-state index contributed by atoms with van der Waals surface area (Å²) in [4.78, 5) is 29.3. The molecule has 9 nitrogen and oxygen atoms in total. The van der Waals surface area contributed by atoms with Gasteiger partial charge in [-0.05, 0) is 58.1 Å². The average molecular weight is 425 g/mol. The molecule has 3 aromatic heterocycles. The zero-order chi connectivity index (χ0) is 22.2. The van der Waals surface area contributed by atoms with Gasteiger partial charge in [0.25, 0.3) is 0 Å². The van der Waals surface area contributed by atoms with Crippen LogP contribution in [0.5, 0.6) is 0 Å². The number of ether oxygens (including phenoxy) is 2. The minimum Gasteiger partial charge on any atom is -0.466 e. The van der Waals surface area contributed by atoms with E-state index in [4.69, 9.17) is 9.47 Å². The molecular weight excluding hydrogens is 398 g/mol. The number of hydrogen-bond donors (Lipinski definition) is 0. The summed E-state index contributed by atoms with van der Waals surface area (Å²) in [5, 5.41) is 8.04. The molecule has 3 heterocycles. The normalized spacial score (nSPS) is 15.1. The number of nitrogens with zero attached hydrogens (tertiary/aromatic N) is 5. The number of esters is 2. The molecule has 1 unspecified atom stereocenters. The van der Waals surface area contributed by atoms with Gasteiger partial charge in [-0.15, -0.1) is 5.10 Å². The SMILES string of the molecule is CCOC(=O)CC(c1cn2cc(C3CC3)ccc2n1)n1cc(C(=O)OC(C)(C)C)nn1. The molecule has 0 aliphatic heterocycles. The van der Waals surface area contributed by atoms with Crippen LogP contribution in [-0.4, -0.2) is 48.5 Å². The van der Waals surface area contributed by atoms with Crippen LogP contribution in [0.15, 0.2) is 30.7 Å². The maximum absolute atomic E-state index is 12.4. The number of aromatic nitrogens is 5. The highest BCUT2D eigenvalue weighted by atomic mass is 16.6. The molecule has 0 saturated heterocycles. The molecule has 0 bridgehead atoms. The van der Waals surface area contributed by atoms with Crippen molar-refractivity contribution in [3.8, 4) is 0 Å². The predicted molar refractivity (Wildman–Crippen MR) is 112 cm³/mol. The Morgan fingerprint density at radius 2 is 1.97 bits per heavy atom. The molecule has 1 aliphatic carbocycles. The van der Waals surface area contributed by atoms with Gasteiger partial charge >= 0.3 is 11.9 Å². The summed E-state index contributed by atoms with van der Waals surface area (Å²) in [6, 6.07) is 3.51. The molecule has 1 aliphatic rings. The lowest BCUT2D eigenvalue weighted by atomic mass is 10.1.